The lowest BCUT2D eigenvalue weighted by molar-refractivity contribution is -0.141. The Morgan fingerprint density at radius 2 is 1.78 bits per heavy atom. The first-order valence-electron chi connectivity index (χ1n) is 10.4. The molecule has 0 radical (unpaired) electrons. The molecule has 1 fully saturated rings. The van der Waals surface area contributed by atoms with Crippen LogP contribution in [0.1, 0.15) is 50.9 Å². The van der Waals surface area contributed by atoms with Gasteiger partial charge in [-0.15, -0.1) is 9.24 Å². The van der Waals surface area contributed by atoms with Crippen molar-refractivity contribution in [3.63, 3.8) is 0 Å². The van der Waals surface area contributed by atoms with Gasteiger partial charge in [0.1, 0.15) is 11.5 Å². The Hall–Kier alpha value is -2.47. The molecule has 0 bridgehead atoms. The molecule has 0 saturated heterocycles. The SMILES string of the molecule is CC(C)(C)n1ncc2c1-c1cc(F)ccc1N[C@@H]2C1CC1.FC(F)(F)c1ccc(P)cn1. The van der Waals surface area contributed by atoms with Crippen LogP contribution >= 0.6 is 9.24 Å². The highest BCUT2D eigenvalue weighted by molar-refractivity contribution is 7.27. The third-order valence-electron chi connectivity index (χ3n) is 5.49. The summed E-state index contributed by atoms with van der Waals surface area (Å²) in [4.78, 5) is 3.20. The summed E-state index contributed by atoms with van der Waals surface area (Å²) in [6, 6.07) is 7.60. The van der Waals surface area contributed by atoms with Crippen LogP contribution in [0.4, 0.5) is 23.2 Å². The van der Waals surface area contributed by atoms with Crippen LogP contribution < -0.4 is 10.6 Å². The lowest BCUT2D eigenvalue weighted by Crippen LogP contribution is -2.26. The summed E-state index contributed by atoms with van der Waals surface area (Å²) in [5, 5.41) is 8.84. The van der Waals surface area contributed by atoms with Gasteiger partial charge in [0.15, 0.2) is 0 Å². The van der Waals surface area contributed by atoms with Crippen LogP contribution in [0.25, 0.3) is 11.3 Å². The quantitative estimate of drug-likeness (QED) is 0.359. The van der Waals surface area contributed by atoms with Crippen LogP contribution in [0.3, 0.4) is 0 Å². The molecular weight excluding hydrogens is 439 g/mol. The molecule has 1 aromatic carbocycles. The molecule has 0 amide bonds. The molecule has 3 heterocycles. The molecule has 4 nitrogen and oxygen atoms in total. The van der Waals surface area contributed by atoms with Crippen molar-refractivity contribution < 1.29 is 17.6 Å². The van der Waals surface area contributed by atoms with E-state index in [1.807, 2.05) is 16.9 Å². The molecule has 170 valence electrons. The summed E-state index contributed by atoms with van der Waals surface area (Å²) in [6.07, 6.45) is 1.30. The fourth-order valence-corrected chi connectivity index (χ4v) is 4.00. The van der Waals surface area contributed by atoms with Crippen molar-refractivity contribution in [3.8, 4) is 11.3 Å². The molecule has 1 unspecified atom stereocenters. The fraction of sp³-hybridized carbons (Fsp3) is 0.391. The number of nitrogens with one attached hydrogen (secondary N) is 1. The Kier molecular flexibility index (Phi) is 5.78. The Bertz CT molecular complexity index is 1110. The van der Waals surface area contributed by atoms with Gasteiger partial charge in [0.2, 0.25) is 0 Å². The normalized spacial score (nSPS) is 17.6. The van der Waals surface area contributed by atoms with Crippen LogP contribution in [-0.2, 0) is 11.7 Å². The second-order valence-electron chi connectivity index (χ2n) is 9.16. The van der Waals surface area contributed by atoms with Crippen molar-refractivity contribution in [2.45, 2.75) is 51.4 Å². The number of benzene rings is 1. The summed E-state index contributed by atoms with van der Waals surface area (Å²) >= 11 is 0. The fourth-order valence-electron chi connectivity index (χ4n) is 3.82. The molecule has 1 N–H and O–H groups in total. The smallest absolute Gasteiger partial charge is 0.377 e. The minimum absolute atomic E-state index is 0.122. The summed E-state index contributed by atoms with van der Waals surface area (Å²) in [7, 11) is 2.26. The number of hydrogen-bond acceptors (Lipinski definition) is 3. The molecule has 1 aliphatic heterocycles. The number of anilines is 1. The molecule has 32 heavy (non-hydrogen) atoms. The molecule has 2 aliphatic rings. The van der Waals surface area contributed by atoms with Crippen LogP contribution in [0.15, 0.2) is 42.7 Å². The second kappa shape index (κ2) is 8.14. The van der Waals surface area contributed by atoms with Crippen molar-refractivity contribution in [1.82, 2.24) is 14.8 Å². The minimum Gasteiger partial charge on any atom is -0.377 e. The Morgan fingerprint density at radius 1 is 1.06 bits per heavy atom. The van der Waals surface area contributed by atoms with E-state index in [4.69, 9.17) is 0 Å². The number of fused-ring (bicyclic) bond motifs is 3. The van der Waals surface area contributed by atoms with Gasteiger partial charge in [0.25, 0.3) is 0 Å². The minimum atomic E-state index is -4.33. The number of rotatable bonds is 1. The molecule has 2 aromatic heterocycles. The van der Waals surface area contributed by atoms with E-state index in [2.05, 4.69) is 45.4 Å². The molecule has 1 aliphatic carbocycles. The number of hydrogen-bond donors (Lipinski definition) is 1. The molecular formula is C23H25F4N4P. The third-order valence-corrected chi connectivity index (χ3v) is 5.83. The average Bonchev–Trinajstić information content (AvgIpc) is 3.43. The predicted molar refractivity (Wildman–Crippen MR) is 120 cm³/mol. The van der Waals surface area contributed by atoms with E-state index in [-0.39, 0.29) is 11.4 Å². The number of pyridine rings is 1. The van der Waals surface area contributed by atoms with Crippen molar-refractivity contribution in [2.24, 2.45) is 5.92 Å². The van der Waals surface area contributed by atoms with Crippen LogP contribution in [0, 0.1) is 11.7 Å². The van der Waals surface area contributed by atoms with Crippen LogP contribution in [0.5, 0.6) is 0 Å². The maximum absolute atomic E-state index is 13.7. The number of halogens is 4. The maximum atomic E-state index is 13.7. The van der Waals surface area contributed by atoms with Gasteiger partial charge >= 0.3 is 6.18 Å². The van der Waals surface area contributed by atoms with E-state index in [1.54, 1.807) is 6.07 Å². The van der Waals surface area contributed by atoms with Gasteiger partial charge in [-0.25, -0.2) is 4.39 Å². The van der Waals surface area contributed by atoms with Crippen molar-refractivity contribution in [2.75, 3.05) is 5.32 Å². The summed E-state index contributed by atoms with van der Waals surface area (Å²) in [5.74, 6) is 0.479. The topological polar surface area (TPSA) is 42.7 Å². The first-order valence-corrected chi connectivity index (χ1v) is 11.0. The van der Waals surface area contributed by atoms with Gasteiger partial charge in [-0.05, 0) is 69.1 Å². The van der Waals surface area contributed by atoms with Gasteiger partial charge in [-0.2, -0.15) is 18.3 Å². The summed E-state index contributed by atoms with van der Waals surface area (Å²) < 4.78 is 51.3. The zero-order valence-electron chi connectivity index (χ0n) is 18.0. The number of nitrogens with zero attached hydrogens (tertiary/aromatic N) is 3. The first kappa shape index (κ1) is 22.7. The Labute approximate surface area is 186 Å². The highest BCUT2D eigenvalue weighted by Gasteiger charge is 2.39. The predicted octanol–water partition coefficient (Wildman–Crippen LogP) is 5.92. The molecule has 1 saturated carbocycles. The van der Waals surface area contributed by atoms with Crippen molar-refractivity contribution >= 4 is 20.2 Å². The van der Waals surface area contributed by atoms with Crippen molar-refractivity contribution in [3.05, 3.63) is 59.8 Å². The molecule has 9 heteroatoms. The van der Waals surface area contributed by atoms with Crippen LogP contribution in [-0.4, -0.2) is 14.8 Å². The monoisotopic (exact) mass is 464 g/mol. The lowest BCUT2D eigenvalue weighted by atomic mass is 9.92. The van der Waals surface area contributed by atoms with E-state index in [0.717, 1.165) is 29.2 Å². The maximum Gasteiger partial charge on any atom is 0.433 e. The van der Waals surface area contributed by atoms with Crippen LogP contribution in [0.2, 0.25) is 0 Å². The summed E-state index contributed by atoms with van der Waals surface area (Å²) in [6.45, 7) is 6.40. The van der Waals surface area contributed by atoms with Gasteiger partial charge in [-0.1, -0.05) is 6.07 Å². The molecule has 0 spiro atoms. The van der Waals surface area contributed by atoms with E-state index in [1.165, 1.54) is 30.5 Å². The molecule has 2 atom stereocenters. The van der Waals surface area contributed by atoms with Gasteiger partial charge in [-0.3, -0.25) is 9.67 Å². The molecule has 5 rings (SSSR count). The van der Waals surface area contributed by atoms with Gasteiger partial charge < -0.3 is 5.32 Å². The Morgan fingerprint density at radius 3 is 2.34 bits per heavy atom. The van der Waals surface area contributed by atoms with E-state index >= 15 is 0 Å². The van der Waals surface area contributed by atoms with E-state index in [9.17, 15) is 17.6 Å². The number of alkyl halides is 3. The highest BCUT2D eigenvalue weighted by atomic mass is 31.0. The third kappa shape index (κ3) is 4.65. The zero-order valence-corrected chi connectivity index (χ0v) is 19.2. The van der Waals surface area contributed by atoms with Gasteiger partial charge in [0.05, 0.1) is 23.5 Å². The summed E-state index contributed by atoms with van der Waals surface area (Å²) in [5.41, 5.74) is 3.26. The van der Waals surface area contributed by atoms with Crippen molar-refractivity contribution in [1.29, 1.82) is 0 Å². The van der Waals surface area contributed by atoms with E-state index < -0.39 is 11.9 Å². The standard InChI is InChI=1S/C17H20FN3.C6H5F3NP/c1-17(2,3)21-16-12-8-11(18)6-7-14(12)20-15(10-4-5-10)13(16)9-19-21;7-6(8,9)5-2-1-4(11)3-10-5/h6-10,15,20H,4-5H2,1-3H3;1-3H,11H2/t15-;/m1./s1. The highest BCUT2D eigenvalue weighted by Crippen LogP contribution is 2.50. The first-order chi connectivity index (χ1) is 14.9. The lowest BCUT2D eigenvalue weighted by Gasteiger charge is -2.31. The van der Waals surface area contributed by atoms with Gasteiger partial charge in [0, 0.05) is 23.0 Å². The second-order valence-corrected chi connectivity index (χ2v) is 9.82. The number of aromatic nitrogens is 3. The zero-order chi connectivity index (χ0) is 23.3. The average molecular weight is 464 g/mol. The van der Waals surface area contributed by atoms with E-state index in [0.29, 0.717) is 17.3 Å². The largest absolute Gasteiger partial charge is 0.433 e. The molecule has 3 aromatic rings. The Balaban J connectivity index is 0.000000189.